The molecule has 59 valence electrons. The van der Waals surface area contributed by atoms with Crippen LogP contribution in [0.2, 0.25) is 0 Å². The summed E-state index contributed by atoms with van der Waals surface area (Å²) >= 11 is 0. The smallest absolute Gasteiger partial charge is 0.0480 e. The van der Waals surface area contributed by atoms with Crippen LogP contribution in [0.25, 0.3) is 0 Å². The van der Waals surface area contributed by atoms with Gasteiger partial charge in [0.1, 0.15) is 0 Å². The number of hydrogen-bond acceptors (Lipinski definition) is 1. The zero-order valence-electron chi connectivity index (χ0n) is 7.06. The molecule has 0 unspecified atom stereocenters. The summed E-state index contributed by atoms with van der Waals surface area (Å²) in [6.07, 6.45) is 2.11. The summed E-state index contributed by atoms with van der Waals surface area (Å²) in [4.78, 5) is 0. The van der Waals surface area contributed by atoms with Crippen molar-refractivity contribution in [2.75, 3.05) is 0 Å². The van der Waals surface area contributed by atoms with E-state index in [-0.39, 0.29) is 32.7 Å². The number of allylic oxidation sites excluding steroid dienone is 2. The van der Waals surface area contributed by atoms with Crippen LogP contribution in [-0.2, 0) is 32.7 Å². The summed E-state index contributed by atoms with van der Waals surface area (Å²) < 4.78 is 0. The third-order valence-electron chi connectivity index (χ3n) is 1.52. The Kier molecular flexibility index (Phi) is 10.4. The Balaban J connectivity index is 0. The first-order valence-electron chi connectivity index (χ1n) is 3.45. The fraction of sp³-hybridized carbons (Fsp3) is 0.444. The van der Waals surface area contributed by atoms with Crippen LogP contribution in [0.4, 0.5) is 0 Å². The van der Waals surface area contributed by atoms with Gasteiger partial charge in [-0.25, -0.2) is 24.5 Å². The number of rotatable bonds is 3. The second-order valence-corrected chi connectivity index (χ2v) is 2.15. The van der Waals surface area contributed by atoms with Crippen LogP contribution in [0, 0.1) is 25.2 Å². The summed E-state index contributed by atoms with van der Waals surface area (Å²) in [5, 5.41) is 8.37. The van der Waals surface area contributed by atoms with E-state index < -0.39 is 0 Å². The summed E-state index contributed by atoms with van der Waals surface area (Å²) in [5.74, 6) is 0. The van der Waals surface area contributed by atoms with Crippen LogP contribution >= 0.6 is 0 Å². The number of nitrogens with zero attached hydrogens (tertiary/aromatic N) is 1. The van der Waals surface area contributed by atoms with E-state index in [9.17, 15) is 0 Å². The van der Waals surface area contributed by atoms with Crippen LogP contribution in [0.1, 0.15) is 26.2 Å². The summed E-state index contributed by atoms with van der Waals surface area (Å²) in [7, 11) is 0. The SMILES string of the molecule is [CH2-]CC(CC#N)=C([CH2-])CC.[Y]. The molecule has 0 spiro atoms. The zero-order valence-corrected chi connectivity index (χ0v) is 9.90. The monoisotopic (exact) mass is 224 g/mol. The van der Waals surface area contributed by atoms with Gasteiger partial charge in [0.2, 0.25) is 0 Å². The minimum absolute atomic E-state index is 0. The molecule has 0 saturated heterocycles. The van der Waals surface area contributed by atoms with Gasteiger partial charge in [-0.15, -0.1) is 0 Å². The standard InChI is InChI=1S/C9H13N.Y/c1-4-8(3)9(5-2)6-7-10;/h2-6H2,1H3;/q-2;. The average molecular weight is 224 g/mol. The van der Waals surface area contributed by atoms with Crippen LogP contribution in [0.3, 0.4) is 0 Å². The van der Waals surface area contributed by atoms with Gasteiger partial charge < -0.3 is 6.92 Å². The second kappa shape index (κ2) is 8.30. The van der Waals surface area contributed by atoms with E-state index in [1.165, 1.54) is 0 Å². The van der Waals surface area contributed by atoms with Crippen molar-refractivity contribution in [2.45, 2.75) is 26.2 Å². The number of nitriles is 1. The molecule has 0 amide bonds. The molecule has 0 aliphatic heterocycles. The maximum Gasteiger partial charge on any atom is 0.0480 e. The zero-order chi connectivity index (χ0) is 7.98. The van der Waals surface area contributed by atoms with Gasteiger partial charge in [0.15, 0.2) is 0 Å². The Bertz CT molecular complexity index is 165. The van der Waals surface area contributed by atoms with Gasteiger partial charge in [0, 0.05) is 38.8 Å². The van der Waals surface area contributed by atoms with Gasteiger partial charge in [-0.3, -0.25) is 0 Å². The molecule has 0 aromatic carbocycles. The molecular formula is C9H13NY-2. The van der Waals surface area contributed by atoms with Crippen molar-refractivity contribution >= 4 is 0 Å². The van der Waals surface area contributed by atoms with E-state index in [0.29, 0.717) is 12.8 Å². The van der Waals surface area contributed by atoms with Crippen LogP contribution in [-0.4, -0.2) is 0 Å². The topological polar surface area (TPSA) is 23.8 Å². The Morgan fingerprint density at radius 1 is 1.55 bits per heavy atom. The Morgan fingerprint density at radius 2 is 2.09 bits per heavy atom. The van der Waals surface area contributed by atoms with Gasteiger partial charge in [-0.1, -0.05) is 13.3 Å². The van der Waals surface area contributed by atoms with E-state index in [0.717, 1.165) is 17.6 Å². The minimum Gasteiger partial charge on any atom is -0.356 e. The molecule has 0 aromatic rings. The molecule has 1 radical (unpaired) electrons. The fourth-order valence-corrected chi connectivity index (χ4v) is 0.736. The van der Waals surface area contributed by atoms with Gasteiger partial charge >= 0.3 is 0 Å². The first-order valence-corrected chi connectivity index (χ1v) is 3.45. The van der Waals surface area contributed by atoms with Crippen LogP contribution in [0.5, 0.6) is 0 Å². The molecule has 0 saturated carbocycles. The van der Waals surface area contributed by atoms with E-state index in [1.807, 2.05) is 6.92 Å². The normalized spacial score (nSPS) is 11.0. The molecule has 0 N–H and O–H groups in total. The molecule has 0 aliphatic rings. The van der Waals surface area contributed by atoms with E-state index in [1.54, 1.807) is 0 Å². The molecule has 11 heavy (non-hydrogen) atoms. The van der Waals surface area contributed by atoms with E-state index >= 15 is 0 Å². The molecule has 0 atom stereocenters. The first kappa shape index (κ1) is 13.8. The Labute approximate surface area is 94.7 Å². The largest absolute Gasteiger partial charge is 0.356 e. The third kappa shape index (κ3) is 5.47. The summed E-state index contributed by atoms with van der Waals surface area (Å²) in [6.45, 7) is 9.60. The maximum absolute atomic E-state index is 8.37. The van der Waals surface area contributed by atoms with Crippen molar-refractivity contribution in [3.8, 4) is 6.07 Å². The van der Waals surface area contributed by atoms with Crippen molar-refractivity contribution in [1.82, 2.24) is 0 Å². The summed E-state index contributed by atoms with van der Waals surface area (Å²) in [5.41, 5.74) is 2.15. The van der Waals surface area contributed by atoms with Crippen molar-refractivity contribution in [2.24, 2.45) is 0 Å². The maximum atomic E-state index is 8.37. The predicted octanol–water partition coefficient (Wildman–Crippen LogP) is 2.66. The molecule has 1 nitrogen and oxygen atoms in total. The molecule has 0 bridgehead atoms. The Morgan fingerprint density at radius 3 is 2.36 bits per heavy atom. The van der Waals surface area contributed by atoms with Crippen LogP contribution in [0.15, 0.2) is 11.1 Å². The van der Waals surface area contributed by atoms with Crippen LogP contribution < -0.4 is 0 Å². The quantitative estimate of drug-likeness (QED) is 0.676. The van der Waals surface area contributed by atoms with E-state index in [2.05, 4.69) is 19.9 Å². The molecule has 2 heteroatoms. The van der Waals surface area contributed by atoms with Gasteiger partial charge in [-0.2, -0.15) is 5.26 Å². The molecule has 0 heterocycles. The predicted molar refractivity (Wildman–Crippen MR) is 42.9 cm³/mol. The third-order valence-corrected chi connectivity index (χ3v) is 1.52. The number of hydrogen-bond donors (Lipinski definition) is 0. The average Bonchev–Trinajstić information content (AvgIpc) is 1.99. The van der Waals surface area contributed by atoms with Crippen molar-refractivity contribution in [3.05, 3.63) is 25.0 Å². The van der Waals surface area contributed by atoms with Gasteiger partial charge in [0.05, 0.1) is 0 Å². The van der Waals surface area contributed by atoms with Gasteiger partial charge in [0.25, 0.3) is 0 Å². The van der Waals surface area contributed by atoms with Crippen molar-refractivity contribution < 1.29 is 32.7 Å². The minimum atomic E-state index is 0. The van der Waals surface area contributed by atoms with Crippen molar-refractivity contribution in [3.63, 3.8) is 0 Å². The Hall–Kier alpha value is 0.204. The fourth-order valence-electron chi connectivity index (χ4n) is 0.736. The molecule has 0 aromatic heterocycles. The molecule has 0 fully saturated rings. The van der Waals surface area contributed by atoms with Gasteiger partial charge in [-0.05, 0) is 6.42 Å². The molecule has 0 aliphatic carbocycles. The second-order valence-electron chi connectivity index (χ2n) is 2.15. The molecular weight excluding hydrogens is 211 g/mol. The van der Waals surface area contributed by atoms with Crippen molar-refractivity contribution in [1.29, 1.82) is 5.26 Å². The van der Waals surface area contributed by atoms with E-state index in [4.69, 9.17) is 5.26 Å². The first-order chi connectivity index (χ1) is 4.76. The molecule has 0 rings (SSSR count). The summed E-state index contributed by atoms with van der Waals surface area (Å²) in [6, 6.07) is 2.10.